The predicted octanol–water partition coefficient (Wildman–Crippen LogP) is 11.9. The van der Waals surface area contributed by atoms with Crippen LogP contribution in [0.25, 0.3) is 72.0 Å². The first-order valence-electron chi connectivity index (χ1n) is 12.2. The topological polar surface area (TPSA) is 0 Å². The quantitative estimate of drug-likeness (QED) is 0.195. The molecule has 4 aromatic carbocycles. The summed E-state index contributed by atoms with van der Waals surface area (Å²) in [4.78, 5) is 0. The Balaban J connectivity index is 1.58. The van der Waals surface area contributed by atoms with Gasteiger partial charge in [0, 0.05) is 51.8 Å². The highest BCUT2D eigenvalue weighted by molar-refractivity contribution is 7.37. The number of halogens is 2. The lowest BCUT2D eigenvalue weighted by molar-refractivity contribution is 0.650. The van der Waals surface area contributed by atoms with Crippen molar-refractivity contribution in [3.63, 3.8) is 0 Å². The van der Waals surface area contributed by atoms with Gasteiger partial charge in [0.2, 0.25) is 0 Å². The molecule has 6 heteroatoms. The van der Waals surface area contributed by atoms with Gasteiger partial charge in [0.1, 0.15) is 0 Å². The van der Waals surface area contributed by atoms with Crippen molar-refractivity contribution in [2.45, 2.75) is 13.8 Å². The van der Waals surface area contributed by atoms with Gasteiger partial charge in [-0.1, -0.05) is 60.7 Å². The van der Waals surface area contributed by atoms with Crippen molar-refractivity contribution in [2.75, 3.05) is 0 Å². The lowest BCUT2D eigenvalue weighted by Crippen LogP contribution is -1.81. The van der Waals surface area contributed by atoms with Gasteiger partial charge >= 0.3 is 0 Å². The average molecular weight is 569 g/mol. The molecule has 0 aliphatic carbocycles. The molecular weight excluding hydrogens is 551 g/mol. The number of hydrogen-bond acceptors (Lipinski definition) is 4. The first-order valence-corrected chi connectivity index (χ1v) is 15.5. The summed E-state index contributed by atoms with van der Waals surface area (Å²) >= 11 is 6.04. The van der Waals surface area contributed by atoms with Crippen molar-refractivity contribution in [1.82, 2.24) is 0 Å². The van der Waals surface area contributed by atoms with Crippen molar-refractivity contribution in [1.29, 1.82) is 0 Å². The molecule has 4 heterocycles. The number of thiophene rings is 4. The molecule has 184 valence electrons. The van der Waals surface area contributed by atoms with Crippen molar-refractivity contribution in [2.24, 2.45) is 0 Å². The molecule has 0 bridgehead atoms. The molecular formula is C32H18F2S4. The van der Waals surface area contributed by atoms with Gasteiger partial charge < -0.3 is 0 Å². The standard InChI is InChI=1S/C32H18F2S4/c1-15-19-13-21-27(23(25(19)37-31(15)33)17-9-5-3-6-10-17)35-30-22-14-20-16(2)32(34)38-26(20)24(28(22)36-29(21)30)18-11-7-4-8-12-18/h3-14H,1-2H3. The summed E-state index contributed by atoms with van der Waals surface area (Å²) in [6.07, 6.45) is 0. The summed E-state index contributed by atoms with van der Waals surface area (Å²) in [6.45, 7) is 3.75. The summed E-state index contributed by atoms with van der Waals surface area (Å²) in [6, 6.07) is 25.0. The van der Waals surface area contributed by atoms with Gasteiger partial charge in [-0.3, -0.25) is 0 Å². The van der Waals surface area contributed by atoms with Crippen molar-refractivity contribution >= 4 is 95.1 Å². The minimum Gasteiger partial charge on any atom is -0.195 e. The monoisotopic (exact) mass is 568 g/mol. The molecule has 0 aliphatic rings. The van der Waals surface area contributed by atoms with Gasteiger partial charge in [0.05, 0.1) is 9.40 Å². The largest absolute Gasteiger partial charge is 0.195 e. The Hall–Kier alpha value is -3.16. The van der Waals surface area contributed by atoms with Crippen LogP contribution in [-0.2, 0) is 0 Å². The number of aryl methyl sites for hydroxylation is 2. The van der Waals surface area contributed by atoms with Crippen LogP contribution in [0.2, 0.25) is 0 Å². The molecule has 8 aromatic rings. The first-order chi connectivity index (χ1) is 18.5. The average Bonchev–Trinajstić information content (AvgIpc) is 3.64. The number of fused-ring (bicyclic) bond motifs is 7. The molecule has 4 aromatic heterocycles. The van der Waals surface area contributed by atoms with Crippen molar-refractivity contribution < 1.29 is 8.78 Å². The van der Waals surface area contributed by atoms with Crippen LogP contribution in [0.15, 0.2) is 72.8 Å². The Labute approximate surface area is 233 Å². The summed E-state index contributed by atoms with van der Waals surface area (Å²) in [5, 5.41) is 4.07. The zero-order valence-electron chi connectivity index (χ0n) is 20.3. The maximum absolute atomic E-state index is 14.9. The lowest BCUT2D eigenvalue weighted by Gasteiger charge is -2.08. The molecule has 0 saturated heterocycles. The predicted molar refractivity (Wildman–Crippen MR) is 166 cm³/mol. The molecule has 0 fully saturated rings. The van der Waals surface area contributed by atoms with Crippen molar-refractivity contribution in [3.05, 3.63) is 94.2 Å². The van der Waals surface area contributed by atoms with Gasteiger partial charge in [0.25, 0.3) is 0 Å². The van der Waals surface area contributed by atoms with E-state index in [0.29, 0.717) is 11.1 Å². The van der Waals surface area contributed by atoms with E-state index in [4.69, 9.17) is 0 Å². The van der Waals surface area contributed by atoms with Crippen LogP contribution < -0.4 is 0 Å². The Kier molecular flexibility index (Phi) is 4.90. The van der Waals surface area contributed by atoms with Crippen LogP contribution in [0.4, 0.5) is 8.78 Å². The van der Waals surface area contributed by atoms with Gasteiger partial charge in [-0.05, 0) is 47.9 Å². The van der Waals surface area contributed by atoms with E-state index in [-0.39, 0.29) is 10.3 Å². The Morgan fingerprint density at radius 2 is 0.816 bits per heavy atom. The second-order valence-electron chi connectivity index (χ2n) is 9.61. The number of rotatable bonds is 2. The number of hydrogen-bond donors (Lipinski definition) is 0. The third kappa shape index (κ3) is 3.03. The van der Waals surface area contributed by atoms with Crippen LogP contribution in [0.3, 0.4) is 0 Å². The second-order valence-corrected chi connectivity index (χ2v) is 13.6. The summed E-state index contributed by atoms with van der Waals surface area (Å²) in [5.74, 6) is 0. The fourth-order valence-corrected chi connectivity index (χ4v) is 10.8. The van der Waals surface area contributed by atoms with E-state index < -0.39 is 0 Å². The lowest BCUT2D eigenvalue weighted by atomic mass is 10.00. The molecule has 0 N–H and O–H groups in total. The highest BCUT2D eigenvalue weighted by atomic mass is 32.1. The van der Waals surface area contributed by atoms with Gasteiger partial charge in [-0.15, -0.1) is 45.3 Å². The third-order valence-electron chi connectivity index (χ3n) is 7.47. The Morgan fingerprint density at radius 3 is 1.21 bits per heavy atom. The van der Waals surface area contributed by atoms with E-state index in [1.807, 2.05) is 50.2 Å². The van der Waals surface area contributed by atoms with Gasteiger partial charge in [-0.25, -0.2) is 0 Å². The maximum Gasteiger partial charge on any atom is 0.180 e. The molecule has 0 atom stereocenters. The highest BCUT2D eigenvalue weighted by Gasteiger charge is 2.24. The Morgan fingerprint density at radius 1 is 0.447 bits per heavy atom. The molecule has 38 heavy (non-hydrogen) atoms. The first kappa shape index (κ1) is 22.8. The smallest absolute Gasteiger partial charge is 0.180 e. The molecule has 0 spiro atoms. The maximum atomic E-state index is 14.9. The van der Waals surface area contributed by atoms with E-state index in [1.54, 1.807) is 22.7 Å². The van der Waals surface area contributed by atoms with E-state index >= 15 is 0 Å². The van der Waals surface area contributed by atoms with Gasteiger partial charge in [0.15, 0.2) is 10.3 Å². The molecule has 0 saturated carbocycles. The minimum absolute atomic E-state index is 0.119. The third-order valence-corrected chi connectivity index (χ3v) is 12.3. The van der Waals surface area contributed by atoms with Crippen LogP contribution in [-0.4, -0.2) is 0 Å². The Bertz CT molecular complexity index is 2050. The van der Waals surface area contributed by atoms with Crippen LogP contribution in [0.1, 0.15) is 11.1 Å². The molecule has 0 unspecified atom stereocenters. The van der Waals surface area contributed by atoms with E-state index in [1.165, 1.54) is 52.2 Å². The molecule has 8 rings (SSSR count). The summed E-state index contributed by atoms with van der Waals surface area (Å²) in [7, 11) is 0. The highest BCUT2D eigenvalue weighted by Crippen LogP contribution is 2.54. The van der Waals surface area contributed by atoms with E-state index in [2.05, 4.69) is 36.4 Å². The van der Waals surface area contributed by atoms with Crippen LogP contribution >= 0.6 is 45.3 Å². The minimum atomic E-state index is -0.119. The fourth-order valence-electron chi connectivity index (χ4n) is 5.54. The molecule has 0 amide bonds. The van der Waals surface area contributed by atoms with Gasteiger partial charge in [-0.2, -0.15) is 8.78 Å². The fraction of sp³-hybridized carbons (Fsp3) is 0.0625. The van der Waals surface area contributed by atoms with E-state index in [0.717, 1.165) is 42.4 Å². The zero-order valence-corrected chi connectivity index (χ0v) is 23.6. The molecule has 0 nitrogen and oxygen atoms in total. The van der Waals surface area contributed by atoms with Crippen LogP contribution in [0, 0.1) is 24.1 Å². The SMILES string of the molecule is Cc1c(F)sc2c(-c3ccccc3)c3sc4c5cc6c(C)c(F)sc6c(-c6ccccc6)c5sc4c3cc12. The van der Waals surface area contributed by atoms with E-state index in [9.17, 15) is 8.78 Å². The van der Waals surface area contributed by atoms with Crippen LogP contribution in [0.5, 0.6) is 0 Å². The molecule has 0 radical (unpaired) electrons. The number of benzene rings is 4. The molecule has 0 aliphatic heterocycles. The summed E-state index contributed by atoms with van der Waals surface area (Å²) in [5.41, 5.74) is 5.84. The normalized spacial score (nSPS) is 12.2. The second kappa shape index (κ2) is 8.17. The summed E-state index contributed by atoms with van der Waals surface area (Å²) < 4.78 is 36.6. The van der Waals surface area contributed by atoms with Crippen molar-refractivity contribution in [3.8, 4) is 22.3 Å². The zero-order chi connectivity index (χ0) is 25.7.